The molecule has 210 valence electrons. The van der Waals surface area contributed by atoms with Crippen molar-refractivity contribution in [2.24, 2.45) is 11.7 Å². The molecule has 2 aromatic rings. The van der Waals surface area contributed by atoms with Crippen molar-refractivity contribution >= 4 is 29.4 Å². The lowest BCUT2D eigenvalue weighted by Gasteiger charge is -2.21. The Morgan fingerprint density at radius 3 is 2.45 bits per heavy atom. The zero-order valence-corrected chi connectivity index (χ0v) is 22.6. The highest BCUT2D eigenvalue weighted by atomic mass is 16.5. The van der Waals surface area contributed by atoms with Gasteiger partial charge in [-0.25, -0.2) is 0 Å². The van der Waals surface area contributed by atoms with E-state index in [-0.39, 0.29) is 5.91 Å². The number of rotatable bonds is 18. The van der Waals surface area contributed by atoms with E-state index < -0.39 is 0 Å². The highest BCUT2D eigenvalue weighted by molar-refractivity contribution is 5.95. The number of anilines is 4. The van der Waals surface area contributed by atoms with E-state index in [1.807, 2.05) is 12.1 Å². The minimum Gasteiger partial charge on any atom is -0.378 e. The number of nitrogens with two attached hydrogens (primary N) is 1. The minimum atomic E-state index is -0.177. The van der Waals surface area contributed by atoms with Crippen LogP contribution in [-0.4, -0.2) is 73.5 Å². The summed E-state index contributed by atoms with van der Waals surface area (Å²) in [4.78, 5) is 26.3. The van der Waals surface area contributed by atoms with Crippen LogP contribution in [0, 0.1) is 5.92 Å². The number of aromatic nitrogens is 3. The van der Waals surface area contributed by atoms with E-state index in [1.54, 1.807) is 12.1 Å². The van der Waals surface area contributed by atoms with Crippen LogP contribution in [0.4, 0.5) is 23.5 Å². The van der Waals surface area contributed by atoms with Crippen molar-refractivity contribution in [3.05, 3.63) is 29.8 Å². The van der Waals surface area contributed by atoms with Gasteiger partial charge in [0.25, 0.3) is 5.91 Å². The number of nitrogens with one attached hydrogen (secondary N) is 4. The Kier molecular flexibility index (Phi) is 13.6. The summed E-state index contributed by atoms with van der Waals surface area (Å²) >= 11 is 0. The Balaban J connectivity index is 1.56. The number of ether oxygens (including phenoxy) is 2. The Morgan fingerprint density at radius 1 is 0.947 bits per heavy atom. The van der Waals surface area contributed by atoms with Crippen LogP contribution in [0.5, 0.6) is 0 Å². The molecular formula is C27H44N8O3. The van der Waals surface area contributed by atoms with Crippen LogP contribution < -0.4 is 27.0 Å². The molecule has 1 aliphatic carbocycles. The number of amides is 1. The number of benzene rings is 1. The molecule has 6 N–H and O–H groups in total. The molecule has 1 aliphatic rings. The molecule has 0 aliphatic heterocycles. The zero-order valence-electron chi connectivity index (χ0n) is 22.6. The maximum absolute atomic E-state index is 12.6. The van der Waals surface area contributed by atoms with E-state index in [4.69, 9.17) is 15.2 Å². The number of nitrogens with zero attached hydrogens (tertiary/aromatic N) is 3. The Hall–Kier alpha value is -3.02. The molecule has 11 nitrogen and oxygen atoms in total. The average Bonchev–Trinajstić information content (AvgIpc) is 2.94. The molecule has 1 aromatic carbocycles. The number of carbonyl (C=O) groups excluding carboxylic acids is 1. The maximum Gasteiger partial charge on any atom is 0.251 e. The van der Waals surface area contributed by atoms with Crippen LogP contribution in [0.15, 0.2) is 24.3 Å². The fraction of sp³-hybridized carbons (Fsp3) is 0.630. The fourth-order valence-corrected chi connectivity index (χ4v) is 4.21. The van der Waals surface area contributed by atoms with Crippen molar-refractivity contribution in [2.75, 3.05) is 68.6 Å². The number of unbranched alkanes of at least 4 members (excludes halogenated alkanes) is 1. The van der Waals surface area contributed by atoms with E-state index in [0.717, 1.165) is 31.6 Å². The normalized spacial score (nSPS) is 13.7. The Bertz CT molecular complexity index is 956. The molecule has 11 heteroatoms. The van der Waals surface area contributed by atoms with Crippen molar-refractivity contribution < 1.29 is 14.3 Å². The van der Waals surface area contributed by atoms with Gasteiger partial charge in [0.15, 0.2) is 0 Å². The van der Waals surface area contributed by atoms with E-state index in [9.17, 15) is 4.79 Å². The van der Waals surface area contributed by atoms with Gasteiger partial charge in [0.2, 0.25) is 17.8 Å². The summed E-state index contributed by atoms with van der Waals surface area (Å²) in [5.74, 6) is 1.98. The quantitative estimate of drug-likeness (QED) is 0.182. The Morgan fingerprint density at radius 2 is 1.68 bits per heavy atom. The zero-order chi connectivity index (χ0) is 26.8. The molecule has 0 spiro atoms. The largest absolute Gasteiger partial charge is 0.378 e. The molecule has 1 saturated carbocycles. The summed E-state index contributed by atoms with van der Waals surface area (Å²) in [6, 6.07) is 7.25. The van der Waals surface area contributed by atoms with Gasteiger partial charge in [-0.05, 0) is 43.4 Å². The highest BCUT2D eigenvalue weighted by Gasteiger charge is 2.15. The molecule has 1 fully saturated rings. The molecular weight excluding hydrogens is 484 g/mol. The molecule has 0 atom stereocenters. The van der Waals surface area contributed by atoms with Gasteiger partial charge in [-0.15, -0.1) is 0 Å². The molecule has 1 heterocycles. The number of hydrogen-bond donors (Lipinski definition) is 5. The highest BCUT2D eigenvalue weighted by Crippen LogP contribution is 2.24. The molecule has 3 rings (SSSR count). The first-order valence-corrected chi connectivity index (χ1v) is 13.9. The lowest BCUT2D eigenvalue weighted by molar-refractivity contribution is 0.0511. The molecule has 0 unspecified atom stereocenters. The van der Waals surface area contributed by atoms with Crippen LogP contribution >= 0.6 is 0 Å². The van der Waals surface area contributed by atoms with Crippen molar-refractivity contribution in [1.82, 2.24) is 20.3 Å². The smallest absolute Gasteiger partial charge is 0.251 e. The molecule has 38 heavy (non-hydrogen) atoms. The molecule has 0 bridgehead atoms. The summed E-state index contributed by atoms with van der Waals surface area (Å²) in [5.41, 5.74) is 6.63. The second kappa shape index (κ2) is 17.5. The summed E-state index contributed by atoms with van der Waals surface area (Å²) in [6.45, 7) is 6.58. The first-order valence-electron chi connectivity index (χ1n) is 13.9. The Labute approximate surface area is 226 Å². The van der Waals surface area contributed by atoms with Crippen LogP contribution in [0.3, 0.4) is 0 Å². The van der Waals surface area contributed by atoms with Gasteiger partial charge in [0.1, 0.15) is 0 Å². The summed E-state index contributed by atoms with van der Waals surface area (Å²) in [5, 5.41) is 12.8. The van der Waals surface area contributed by atoms with E-state index in [2.05, 4.69) is 43.1 Å². The van der Waals surface area contributed by atoms with E-state index >= 15 is 0 Å². The third-order valence-corrected chi connectivity index (χ3v) is 6.27. The van der Waals surface area contributed by atoms with Crippen LogP contribution in [0.25, 0.3) is 0 Å². The summed E-state index contributed by atoms with van der Waals surface area (Å²) < 4.78 is 10.7. The van der Waals surface area contributed by atoms with Crippen molar-refractivity contribution in [3.63, 3.8) is 0 Å². The molecule has 1 aromatic heterocycles. The lowest BCUT2D eigenvalue weighted by atomic mass is 9.89. The fourth-order valence-electron chi connectivity index (χ4n) is 4.21. The van der Waals surface area contributed by atoms with Gasteiger partial charge in [-0.2, -0.15) is 15.0 Å². The maximum atomic E-state index is 12.6. The van der Waals surface area contributed by atoms with Gasteiger partial charge in [0, 0.05) is 37.4 Å². The van der Waals surface area contributed by atoms with Gasteiger partial charge < -0.3 is 36.5 Å². The number of carbonyl (C=O) groups is 1. The third-order valence-electron chi connectivity index (χ3n) is 6.27. The molecule has 0 radical (unpaired) electrons. The molecule has 1 amide bonds. The van der Waals surface area contributed by atoms with Crippen LogP contribution in [0.1, 0.15) is 62.2 Å². The monoisotopic (exact) mass is 528 g/mol. The van der Waals surface area contributed by atoms with Crippen molar-refractivity contribution in [1.29, 1.82) is 0 Å². The average molecular weight is 529 g/mol. The van der Waals surface area contributed by atoms with Gasteiger partial charge >= 0.3 is 0 Å². The topological polar surface area (TPSA) is 148 Å². The first-order chi connectivity index (χ1) is 18.7. The van der Waals surface area contributed by atoms with Crippen LogP contribution in [-0.2, 0) is 9.47 Å². The SMILES string of the molecule is CCCCNc1nc(NCC2CCCCC2)nc(Nc2cccc(C(=O)NCCOCCOCCN)c2)n1. The summed E-state index contributed by atoms with van der Waals surface area (Å²) in [6.07, 6.45) is 8.52. The minimum absolute atomic E-state index is 0.177. The van der Waals surface area contributed by atoms with Crippen molar-refractivity contribution in [2.45, 2.75) is 51.9 Å². The number of hydrogen-bond acceptors (Lipinski definition) is 10. The predicted molar refractivity (Wildman–Crippen MR) is 151 cm³/mol. The standard InChI is InChI=1S/C27H44N8O3/c1-2-3-13-30-25-33-26(31-20-21-8-5-4-6-9-21)35-27(34-25)32-23-11-7-10-22(19-23)24(36)29-14-16-38-18-17-37-15-12-28/h7,10-11,19,21H,2-6,8-9,12-18,20,28H2,1H3,(H,29,36)(H3,30,31,32,33,34,35). The predicted octanol–water partition coefficient (Wildman–Crippen LogP) is 3.54. The van der Waals surface area contributed by atoms with Gasteiger partial charge in [0.05, 0.1) is 26.4 Å². The lowest BCUT2D eigenvalue weighted by Crippen LogP contribution is -2.27. The third kappa shape index (κ3) is 11.2. The molecule has 0 saturated heterocycles. The summed E-state index contributed by atoms with van der Waals surface area (Å²) in [7, 11) is 0. The second-order valence-electron chi connectivity index (χ2n) is 9.45. The second-order valence-corrected chi connectivity index (χ2v) is 9.45. The first kappa shape index (κ1) is 29.5. The van der Waals surface area contributed by atoms with E-state index in [1.165, 1.54) is 32.1 Å². The van der Waals surface area contributed by atoms with Gasteiger partial charge in [-0.1, -0.05) is 38.7 Å². The van der Waals surface area contributed by atoms with Gasteiger partial charge in [-0.3, -0.25) is 4.79 Å². The van der Waals surface area contributed by atoms with E-state index in [0.29, 0.717) is 68.8 Å². The van der Waals surface area contributed by atoms with Crippen molar-refractivity contribution in [3.8, 4) is 0 Å². The van der Waals surface area contributed by atoms with Crippen LogP contribution in [0.2, 0.25) is 0 Å².